The average molecular weight is 247 g/mol. The Labute approximate surface area is 104 Å². The van der Waals surface area contributed by atoms with Gasteiger partial charge in [-0.15, -0.1) is 0 Å². The molecule has 17 heavy (non-hydrogen) atoms. The van der Waals surface area contributed by atoms with Gasteiger partial charge in [-0.1, -0.05) is 48.0 Å². The monoisotopic (exact) mass is 246 g/mol. The molecule has 3 heteroatoms. The van der Waals surface area contributed by atoms with Crippen molar-refractivity contribution in [3.63, 3.8) is 0 Å². The molecule has 2 nitrogen and oxygen atoms in total. The van der Waals surface area contributed by atoms with E-state index in [0.717, 1.165) is 5.56 Å². The van der Waals surface area contributed by atoms with Gasteiger partial charge in [-0.2, -0.15) is 0 Å². The summed E-state index contributed by atoms with van der Waals surface area (Å²) in [4.78, 5) is 12.1. The maximum Gasteiger partial charge on any atom is 0.196 e. The van der Waals surface area contributed by atoms with E-state index in [-0.39, 0.29) is 22.1 Å². The Kier molecular flexibility index (Phi) is 3.16. The van der Waals surface area contributed by atoms with Crippen molar-refractivity contribution >= 4 is 17.4 Å². The van der Waals surface area contributed by atoms with Crippen molar-refractivity contribution in [2.45, 2.75) is 6.92 Å². The third kappa shape index (κ3) is 2.17. The number of ketones is 1. The van der Waals surface area contributed by atoms with Gasteiger partial charge >= 0.3 is 0 Å². The lowest BCUT2D eigenvalue weighted by Gasteiger charge is -2.07. The molecular formula is C14H11ClO2. The highest BCUT2D eigenvalue weighted by molar-refractivity contribution is 6.33. The molecule has 0 saturated carbocycles. The minimum Gasteiger partial charge on any atom is -0.506 e. The van der Waals surface area contributed by atoms with Crippen LogP contribution in [0.4, 0.5) is 0 Å². The molecule has 0 aromatic heterocycles. The van der Waals surface area contributed by atoms with Crippen molar-refractivity contribution in [1.29, 1.82) is 0 Å². The molecule has 0 aliphatic rings. The van der Waals surface area contributed by atoms with Gasteiger partial charge in [-0.05, 0) is 18.6 Å². The van der Waals surface area contributed by atoms with E-state index in [0.29, 0.717) is 5.56 Å². The Morgan fingerprint density at radius 3 is 2.41 bits per heavy atom. The van der Waals surface area contributed by atoms with Gasteiger partial charge in [0.1, 0.15) is 5.75 Å². The molecule has 2 rings (SSSR count). The first-order valence-corrected chi connectivity index (χ1v) is 5.57. The molecule has 0 unspecified atom stereocenters. The fourth-order valence-electron chi connectivity index (χ4n) is 1.59. The quantitative estimate of drug-likeness (QED) is 0.823. The van der Waals surface area contributed by atoms with E-state index in [1.54, 1.807) is 43.3 Å². The first kappa shape index (κ1) is 11.7. The van der Waals surface area contributed by atoms with E-state index in [1.165, 1.54) is 0 Å². The Morgan fingerprint density at radius 1 is 1.12 bits per heavy atom. The van der Waals surface area contributed by atoms with Gasteiger partial charge in [0.15, 0.2) is 5.78 Å². The third-order valence-corrected chi connectivity index (χ3v) is 3.07. The number of benzene rings is 2. The SMILES string of the molecule is Cc1ccc(C(=O)c2ccccc2)c(O)c1Cl. The molecule has 0 fully saturated rings. The lowest BCUT2D eigenvalue weighted by molar-refractivity contribution is 0.103. The van der Waals surface area contributed by atoms with Crippen molar-refractivity contribution in [1.82, 2.24) is 0 Å². The van der Waals surface area contributed by atoms with Crippen LogP contribution in [0.25, 0.3) is 0 Å². The molecule has 0 spiro atoms. The second kappa shape index (κ2) is 4.60. The van der Waals surface area contributed by atoms with Gasteiger partial charge in [-0.3, -0.25) is 4.79 Å². The first-order valence-electron chi connectivity index (χ1n) is 5.19. The summed E-state index contributed by atoms with van der Waals surface area (Å²) >= 11 is 5.91. The molecule has 0 saturated heterocycles. The van der Waals surface area contributed by atoms with Crippen molar-refractivity contribution in [3.8, 4) is 5.75 Å². The molecule has 0 heterocycles. The molecule has 2 aromatic rings. The number of carbonyl (C=O) groups is 1. The Balaban J connectivity index is 2.49. The van der Waals surface area contributed by atoms with E-state index in [4.69, 9.17) is 11.6 Å². The molecule has 0 bridgehead atoms. The second-order valence-corrected chi connectivity index (χ2v) is 4.17. The van der Waals surface area contributed by atoms with Crippen LogP contribution >= 0.6 is 11.6 Å². The van der Waals surface area contributed by atoms with Crippen LogP contribution in [0.3, 0.4) is 0 Å². The van der Waals surface area contributed by atoms with Crippen LogP contribution in [-0.4, -0.2) is 10.9 Å². The van der Waals surface area contributed by atoms with Crippen LogP contribution < -0.4 is 0 Å². The summed E-state index contributed by atoms with van der Waals surface area (Å²) in [5, 5.41) is 10.1. The van der Waals surface area contributed by atoms with E-state index in [2.05, 4.69) is 0 Å². The van der Waals surface area contributed by atoms with Crippen LogP contribution in [-0.2, 0) is 0 Å². The predicted molar refractivity (Wildman–Crippen MR) is 67.7 cm³/mol. The molecule has 0 aliphatic heterocycles. The fraction of sp³-hybridized carbons (Fsp3) is 0.0714. The van der Waals surface area contributed by atoms with Crippen LogP contribution in [0.2, 0.25) is 5.02 Å². The summed E-state index contributed by atoms with van der Waals surface area (Å²) in [6.45, 7) is 1.78. The van der Waals surface area contributed by atoms with Crippen LogP contribution in [0.5, 0.6) is 5.75 Å². The van der Waals surface area contributed by atoms with E-state index in [9.17, 15) is 9.90 Å². The molecule has 86 valence electrons. The van der Waals surface area contributed by atoms with Gasteiger partial charge in [0.2, 0.25) is 0 Å². The highest BCUT2D eigenvalue weighted by atomic mass is 35.5. The minimum absolute atomic E-state index is 0.152. The van der Waals surface area contributed by atoms with E-state index < -0.39 is 0 Å². The molecule has 2 aromatic carbocycles. The number of hydrogen-bond acceptors (Lipinski definition) is 2. The Morgan fingerprint density at radius 2 is 1.76 bits per heavy atom. The molecule has 0 atom stereocenters. The van der Waals surface area contributed by atoms with Crippen LogP contribution in [0, 0.1) is 6.92 Å². The molecule has 0 radical (unpaired) electrons. The number of aryl methyl sites for hydroxylation is 1. The lowest BCUT2D eigenvalue weighted by atomic mass is 10.0. The fourth-order valence-corrected chi connectivity index (χ4v) is 1.76. The van der Waals surface area contributed by atoms with Crippen molar-refractivity contribution in [2.24, 2.45) is 0 Å². The molecule has 1 N–H and O–H groups in total. The maximum atomic E-state index is 12.1. The average Bonchev–Trinajstić information content (AvgIpc) is 2.36. The van der Waals surface area contributed by atoms with Gasteiger partial charge < -0.3 is 5.11 Å². The Bertz CT molecular complexity index is 562. The largest absolute Gasteiger partial charge is 0.506 e. The number of phenols is 1. The Hall–Kier alpha value is -1.80. The summed E-state index contributed by atoms with van der Waals surface area (Å²) < 4.78 is 0. The topological polar surface area (TPSA) is 37.3 Å². The van der Waals surface area contributed by atoms with Crippen molar-refractivity contribution in [3.05, 3.63) is 64.2 Å². The molecule has 0 aliphatic carbocycles. The predicted octanol–water partition coefficient (Wildman–Crippen LogP) is 3.59. The van der Waals surface area contributed by atoms with Gasteiger partial charge in [0, 0.05) is 5.56 Å². The summed E-state index contributed by atoms with van der Waals surface area (Å²) in [6.07, 6.45) is 0. The van der Waals surface area contributed by atoms with Gasteiger partial charge in [-0.25, -0.2) is 0 Å². The highest BCUT2D eigenvalue weighted by Gasteiger charge is 2.16. The number of phenolic OH excluding ortho intramolecular Hbond substituents is 1. The lowest BCUT2D eigenvalue weighted by Crippen LogP contribution is -2.01. The second-order valence-electron chi connectivity index (χ2n) is 3.79. The summed E-state index contributed by atoms with van der Waals surface area (Å²) in [5.41, 5.74) is 1.50. The first-order chi connectivity index (χ1) is 8.11. The van der Waals surface area contributed by atoms with E-state index >= 15 is 0 Å². The highest BCUT2D eigenvalue weighted by Crippen LogP contribution is 2.31. The van der Waals surface area contributed by atoms with Crippen molar-refractivity contribution < 1.29 is 9.90 Å². The summed E-state index contributed by atoms with van der Waals surface area (Å²) in [5.74, 6) is -0.384. The standard InChI is InChI=1S/C14H11ClO2/c1-9-7-8-11(14(17)12(9)15)13(16)10-5-3-2-4-6-10/h2-8,17H,1H3. The third-order valence-electron chi connectivity index (χ3n) is 2.59. The number of hydrogen-bond donors (Lipinski definition) is 1. The van der Waals surface area contributed by atoms with Gasteiger partial charge in [0.05, 0.1) is 10.6 Å². The smallest absolute Gasteiger partial charge is 0.196 e. The van der Waals surface area contributed by atoms with Crippen LogP contribution in [0.15, 0.2) is 42.5 Å². The van der Waals surface area contributed by atoms with Crippen molar-refractivity contribution in [2.75, 3.05) is 0 Å². The summed E-state index contributed by atoms with van der Waals surface area (Å²) in [6, 6.07) is 12.1. The number of aromatic hydroxyl groups is 1. The number of carbonyl (C=O) groups excluding carboxylic acids is 1. The molecular weight excluding hydrogens is 236 g/mol. The maximum absolute atomic E-state index is 12.1. The zero-order valence-corrected chi connectivity index (χ0v) is 10.0. The minimum atomic E-state index is -0.231. The summed E-state index contributed by atoms with van der Waals surface area (Å²) in [7, 11) is 0. The van der Waals surface area contributed by atoms with Crippen LogP contribution in [0.1, 0.15) is 21.5 Å². The van der Waals surface area contributed by atoms with E-state index in [1.807, 2.05) is 6.07 Å². The number of halogens is 1. The molecule has 0 amide bonds. The van der Waals surface area contributed by atoms with Gasteiger partial charge in [0.25, 0.3) is 0 Å². The zero-order valence-electron chi connectivity index (χ0n) is 9.27. The normalized spacial score (nSPS) is 10.2. The zero-order chi connectivity index (χ0) is 12.4. The number of rotatable bonds is 2.